The molecule has 1 saturated carbocycles. The Morgan fingerprint density at radius 2 is 2.07 bits per heavy atom. The molecular formula is C10H19ClN2O. The molecule has 0 spiro atoms. The molecule has 0 aromatic rings. The van der Waals surface area contributed by atoms with Gasteiger partial charge in [-0.1, -0.05) is 13.8 Å². The van der Waals surface area contributed by atoms with Gasteiger partial charge in [-0.3, -0.25) is 4.79 Å². The SMILES string of the molecule is CC1(C)CNC1C(=O)NC1CCC1.Cl. The zero-order valence-electron chi connectivity index (χ0n) is 8.80. The van der Waals surface area contributed by atoms with Crippen molar-refractivity contribution in [3.8, 4) is 0 Å². The molecule has 3 nitrogen and oxygen atoms in total. The van der Waals surface area contributed by atoms with Gasteiger partial charge in [-0.05, 0) is 19.3 Å². The number of carbonyl (C=O) groups is 1. The lowest BCUT2D eigenvalue weighted by Crippen LogP contribution is -2.66. The molecule has 2 N–H and O–H groups in total. The minimum atomic E-state index is 0. The van der Waals surface area contributed by atoms with E-state index in [0.717, 1.165) is 6.54 Å². The summed E-state index contributed by atoms with van der Waals surface area (Å²) in [5.74, 6) is 0.195. The second-order valence-electron chi connectivity index (χ2n) is 4.94. The van der Waals surface area contributed by atoms with Crippen molar-refractivity contribution in [1.82, 2.24) is 10.6 Å². The predicted molar refractivity (Wildman–Crippen MR) is 58.6 cm³/mol. The maximum absolute atomic E-state index is 11.7. The smallest absolute Gasteiger partial charge is 0.237 e. The minimum Gasteiger partial charge on any atom is -0.352 e. The number of rotatable bonds is 2. The molecule has 82 valence electrons. The Hall–Kier alpha value is -0.280. The lowest BCUT2D eigenvalue weighted by Gasteiger charge is -2.45. The Morgan fingerprint density at radius 1 is 1.43 bits per heavy atom. The summed E-state index contributed by atoms with van der Waals surface area (Å²) in [5, 5.41) is 6.25. The number of nitrogens with one attached hydrogen (secondary N) is 2. The summed E-state index contributed by atoms with van der Waals surface area (Å²) in [7, 11) is 0. The van der Waals surface area contributed by atoms with Crippen LogP contribution in [-0.4, -0.2) is 24.5 Å². The quantitative estimate of drug-likeness (QED) is 0.728. The largest absolute Gasteiger partial charge is 0.352 e. The van der Waals surface area contributed by atoms with Gasteiger partial charge in [0.15, 0.2) is 0 Å². The molecule has 0 aromatic carbocycles. The molecule has 1 aliphatic heterocycles. The highest BCUT2D eigenvalue weighted by molar-refractivity contribution is 5.85. The van der Waals surface area contributed by atoms with Crippen molar-refractivity contribution < 1.29 is 4.79 Å². The third-order valence-electron chi connectivity index (χ3n) is 3.26. The molecule has 0 bridgehead atoms. The maximum Gasteiger partial charge on any atom is 0.237 e. The van der Waals surface area contributed by atoms with Crippen molar-refractivity contribution in [3.05, 3.63) is 0 Å². The fourth-order valence-corrected chi connectivity index (χ4v) is 1.90. The molecule has 2 aliphatic rings. The van der Waals surface area contributed by atoms with Crippen molar-refractivity contribution in [3.63, 3.8) is 0 Å². The van der Waals surface area contributed by atoms with Crippen LogP contribution < -0.4 is 10.6 Å². The molecule has 2 fully saturated rings. The van der Waals surface area contributed by atoms with Crippen LogP contribution in [0.25, 0.3) is 0 Å². The summed E-state index contributed by atoms with van der Waals surface area (Å²) in [5.41, 5.74) is 0.147. The summed E-state index contributed by atoms with van der Waals surface area (Å²) in [6.07, 6.45) is 3.60. The number of hydrogen-bond acceptors (Lipinski definition) is 2. The first-order chi connectivity index (χ1) is 6.09. The highest BCUT2D eigenvalue weighted by atomic mass is 35.5. The van der Waals surface area contributed by atoms with Crippen LogP contribution in [0.4, 0.5) is 0 Å². The van der Waals surface area contributed by atoms with Gasteiger partial charge >= 0.3 is 0 Å². The van der Waals surface area contributed by atoms with Gasteiger partial charge in [-0.2, -0.15) is 0 Å². The van der Waals surface area contributed by atoms with Crippen molar-refractivity contribution >= 4 is 18.3 Å². The highest BCUT2D eigenvalue weighted by Crippen LogP contribution is 2.28. The highest BCUT2D eigenvalue weighted by Gasteiger charge is 2.43. The van der Waals surface area contributed by atoms with Crippen molar-refractivity contribution in [1.29, 1.82) is 0 Å². The molecule has 1 unspecified atom stereocenters. The minimum absolute atomic E-state index is 0. The third-order valence-corrected chi connectivity index (χ3v) is 3.26. The van der Waals surface area contributed by atoms with Crippen LogP contribution in [0.3, 0.4) is 0 Å². The summed E-state index contributed by atoms with van der Waals surface area (Å²) >= 11 is 0. The van der Waals surface area contributed by atoms with E-state index in [9.17, 15) is 4.79 Å². The normalized spacial score (nSPS) is 29.4. The molecule has 0 aromatic heterocycles. The Bertz CT molecular complexity index is 226. The van der Waals surface area contributed by atoms with Crippen LogP contribution in [0.15, 0.2) is 0 Å². The van der Waals surface area contributed by atoms with E-state index in [1.807, 2.05) is 0 Å². The molecule has 1 saturated heterocycles. The van der Waals surface area contributed by atoms with Crippen LogP contribution >= 0.6 is 12.4 Å². The first kappa shape index (κ1) is 11.8. The number of halogens is 1. The maximum atomic E-state index is 11.7. The van der Waals surface area contributed by atoms with E-state index in [1.54, 1.807) is 0 Å². The third kappa shape index (κ3) is 2.04. The first-order valence-corrected chi connectivity index (χ1v) is 5.13. The monoisotopic (exact) mass is 218 g/mol. The average Bonchev–Trinajstić information content (AvgIpc) is 1.95. The van der Waals surface area contributed by atoms with Crippen LogP contribution in [0.2, 0.25) is 0 Å². The van der Waals surface area contributed by atoms with Crippen LogP contribution in [0.1, 0.15) is 33.1 Å². The van der Waals surface area contributed by atoms with E-state index in [2.05, 4.69) is 24.5 Å². The van der Waals surface area contributed by atoms with Crippen molar-refractivity contribution in [2.45, 2.75) is 45.2 Å². The van der Waals surface area contributed by atoms with Crippen LogP contribution in [-0.2, 0) is 4.79 Å². The van der Waals surface area contributed by atoms with Gasteiger partial charge in [0.05, 0.1) is 6.04 Å². The fourth-order valence-electron chi connectivity index (χ4n) is 1.90. The van der Waals surface area contributed by atoms with Gasteiger partial charge in [0.1, 0.15) is 0 Å². The zero-order valence-corrected chi connectivity index (χ0v) is 9.62. The van der Waals surface area contributed by atoms with E-state index < -0.39 is 0 Å². The standard InChI is InChI=1S/C10H18N2O.ClH/c1-10(2)6-11-8(10)9(13)12-7-4-3-5-7;/h7-8,11H,3-6H2,1-2H3,(H,12,13);1H. The topological polar surface area (TPSA) is 41.1 Å². The second kappa shape index (κ2) is 4.07. The molecule has 0 radical (unpaired) electrons. The van der Waals surface area contributed by atoms with Gasteiger partial charge in [-0.25, -0.2) is 0 Å². The van der Waals surface area contributed by atoms with Crippen LogP contribution in [0.5, 0.6) is 0 Å². The lowest BCUT2D eigenvalue weighted by molar-refractivity contribution is -0.130. The Labute approximate surface area is 91.4 Å². The lowest BCUT2D eigenvalue weighted by atomic mass is 9.76. The molecule has 14 heavy (non-hydrogen) atoms. The summed E-state index contributed by atoms with van der Waals surface area (Å²) in [4.78, 5) is 11.7. The number of carbonyl (C=O) groups excluding carboxylic acids is 1. The summed E-state index contributed by atoms with van der Waals surface area (Å²) in [6, 6.07) is 0.499. The summed E-state index contributed by atoms with van der Waals surface area (Å²) in [6.45, 7) is 5.22. The Balaban J connectivity index is 0.000000980. The summed E-state index contributed by atoms with van der Waals surface area (Å²) < 4.78 is 0. The molecule has 4 heteroatoms. The Kier molecular flexibility index (Phi) is 3.43. The molecule has 1 aliphatic carbocycles. The van der Waals surface area contributed by atoms with Crippen molar-refractivity contribution in [2.75, 3.05) is 6.54 Å². The van der Waals surface area contributed by atoms with Gasteiger partial charge in [0.25, 0.3) is 0 Å². The van der Waals surface area contributed by atoms with Crippen LogP contribution in [0, 0.1) is 5.41 Å². The van der Waals surface area contributed by atoms with Crippen molar-refractivity contribution in [2.24, 2.45) is 5.41 Å². The van der Waals surface area contributed by atoms with Gasteiger partial charge in [0, 0.05) is 18.0 Å². The predicted octanol–water partition coefficient (Wildman–Crippen LogP) is 1.07. The molecular weight excluding hydrogens is 200 g/mol. The van der Waals surface area contributed by atoms with E-state index >= 15 is 0 Å². The number of hydrogen-bond donors (Lipinski definition) is 2. The molecule has 1 amide bonds. The zero-order chi connectivity index (χ0) is 9.47. The first-order valence-electron chi connectivity index (χ1n) is 5.13. The molecule has 1 heterocycles. The van der Waals surface area contributed by atoms with Gasteiger partial charge in [0.2, 0.25) is 5.91 Å². The van der Waals surface area contributed by atoms with E-state index in [-0.39, 0.29) is 29.8 Å². The number of amides is 1. The van der Waals surface area contributed by atoms with E-state index in [4.69, 9.17) is 0 Å². The van der Waals surface area contributed by atoms with Gasteiger partial charge < -0.3 is 10.6 Å². The molecule has 1 atom stereocenters. The molecule has 2 rings (SSSR count). The Morgan fingerprint density at radius 3 is 2.36 bits per heavy atom. The van der Waals surface area contributed by atoms with Gasteiger partial charge in [-0.15, -0.1) is 12.4 Å². The second-order valence-corrected chi connectivity index (χ2v) is 4.94. The average molecular weight is 219 g/mol. The fraction of sp³-hybridized carbons (Fsp3) is 0.900. The van der Waals surface area contributed by atoms with E-state index in [1.165, 1.54) is 19.3 Å². The van der Waals surface area contributed by atoms with E-state index in [0.29, 0.717) is 6.04 Å².